The molecule has 0 bridgehead atoms. The Bertz CT molecular complexity index is 1150. The van der Waals surface area contributed by atoms with Crippen LogP contribution < -0.4 is 0 Å². The Balaban J connectivity index is 1.83. The zero-order valence-corrected chi connectivity index (χ0v) is 20.6. The molecule has 1 saturated heterocycles. The minimum Gasteiger partial charge on any atom is -0.365 e. The Kier molecular flexibility index (Phi) is 5.34. The second kappa shape index (κ2) is 7.38. The van der Waals surface area contributed by atoms with Gasteiger partial charge >= 0.3 is 0 Å². The monoisotopic (exact) mass is 461 g/mol. The smallest absolute Gasteiger partial charge is 0.256 e. The third-order valence-corrected chi connectivity index (χ3v) is 9.11. The molecule has 2 aromatic carbocycles. The number of nitrogens with zero attached hydrogens (tertiary/aromatic N) is 3. The van der Waals surface area contributed by atoms with E-state index in [2.05, 4.69) is 19.6 Å². The van der Waals surface area contributed by atoms with Crippen molar-refractivity contribution in [3.63, 3.8) is 0 Å². The van der Waals surface area contributed by atoms with Gasteiger partial charge in [0.05, 0.1) is 20.4 Å². The Morgan fingerprint density at radius 3 is 2.35 bits per heavy atom. The van der Waals surface area contributed by atoms with Crippen LogP contribution >= 0.6 is 0 Å². The highest BCUT2D eigenvalue weighted by Gasteiger charge is 2.57. The summed E-state index contributed by atoms with van der Waals surface area (Å²) in [7, 11) is -3.34. The minimum atomic E-state index is -3.48. The molecule has 168 valence electrons. The van der Waals surface area contributed by atoms with Crippen molar-refractivity contribution < 1.29 is 18.3 Å². The summed E-state index contributed by atoms with van der Waals surface area (Å²) in [6, 6.07) is 10.9. The van der Waals surface area contributed by atoms with Gasteiger partial charge < -0.3 is 10.0 Å². The normalized spacial score (nSPS) is 24.7. The topological polar surface area (TPSA) is 81.2 Å². The second-order valence-electron chi connectivity index (χ2n) is 10.0. The SMILES string of the molecule is CN1CCN2C(=O)c3cc4ccccc4cc3C2(O)C1CN(C[Si](C)(C)C)S(C)(=O)=O. The van der Waals surface area contributed by atoms with Crippen LogP contribution in [0.15, 0.2) is 36.4 Å². The van der Waals surface area contributed by atoms with E-state index in [1.54, 1.807) is 0 Å². The van der Waals surface area contributed by atoms with Gasteiger partial charge in [-0.25, -0.2) is 12.7 Å². The van der Waals surface area contributed by atoms with Crippen molar-refractivity contribution in [1.82, 2.24) is 14.1 Å². The summed E-state index contributed by atoms with van der Waals surface area (Å²) >= 11 is 0. The van der Waals surface area contributed by atoms with Crippen LogP contribution in [0, 0.1) is 0 Å². The summed E-state index contributed by atoms with van der Waals surface area (Å²) in [5.74, 6) is -0.197. The van der Waals surface area contributed by atoms with Gasteiger partial charge in [-0.15, -0.1) is 0 Å². The molecule has 1 fully saturated rings. The molecule has 4 rings (SSSR count). The molecule has 2 aromatic rings. The predicted molar refractivity (Wildman–Crippen MR) is 125 cm³/mol. The van der Waals surface area contributed by atoms with Crippen molar-refractivity contribution in [2.45, 2.75) is 31.4 Å². The molecule has 0 spiro atoms. The van der Waals surface area contributed by atoms with Crippen molar-refractivity contribution in [2.75, 3.05) is 39.1 Å². The van der Waals surface area contributed by atoms with E-state index in [1.165, 1.54) is 15.5 Å². The maximum absolute atomic E-state index is 13.3. The van der Waals surface area contributed by atoms with Crippen molar-refractivity contribution in [3.8, 4) is 0 Å². The Morgan fingerprint density at radius 2 is 1.77 bits per heavy atom. The van der Waals surface area contributed by atoms with Crippen LogP contribution in [0.4, 0.5) is 0 Å². The maximum Gasteiger partial charge on any atom is 0.256 e. The van der Waals surface area contributed by atoms with Gasteiger partial charge in [-0.2, -0.15) is 0 Å². The molecule has 2 aliphatic heterocycles. The second-order valence-corrected chi connectivity index (χ2v) is 17.5. The lowest BCUT2D eigenvalue weighted by atomic mass is 9.89. The third-order valence-electron chi connectivity index (χ3n) is 6.34. The summed E-state index contributed by atoms with van der Waals surface area (Å²) < 4.78 is 26.8. The molecule has 0 radical (unpaired) electrons. The van der Waals surface area contributed by atoms with Crippen LogP contribution in [0.25, 0.3) is 10.8 Å². The predicted octanol–water partition coefficient (Wildman–Crippen LogP) is 1.89. The van der Waals surface area contributed by atoms with Gasteiger partial charge in [-0.3, -0.25) is 9.69 Å². The van der Waals surface area contributed by atoms with Gasteiger partial charge in [0.25, 0.3) is 5.91 Å². The molecule has 1 amide bonds. The number of carbonyl (C=O) groups excluding carboxylic acids is 1. The largest absolute Gasteiger partial charge is 0.365 e. The molecular weight excluding hydrogens is 430 g/mol. The fourth-order valence-electron chi connectivity index (χ4n) is 4.83. The molecule has 2 unspecified atom stereocenters. The highest BCUT2D eigenvalue weighted by atomic mass is 32.2. The standard InChI is InChI=1S/C22H31N3O4SSi/c1-23-10-11-25-21(26)18-12-16-8-6-7-9-17(16)13-19(18)22(25,27)20(23)14-24(30(2,28)29)15-31(3,4)5/h6-9,12-13,20,27H,10-11,14-15H2,1-5H3. The van der Waals surface area contributed by atoms with Crippen LogP contribution in [0.3, 0.4) is 0 Å². The highest BCUT2D eigenvalue weighted by molar-refractivity contribution is 7.88. The molecule has 2 heterocycles. The number of piperazine rings is 1. The number of likely N-dealkylation sites (N-methyl/N-ethyl adjacent to an activating group) is 1. The number of hydrogen-bond acceptors (Lipinski definition) is 5. The number of fused-ring (bicyclic) bond motifs is 4. The Hall–Kier alpha value is -1.78. The maximum atomic E-state index is 13.3. The average Bonchev–Trinajstić information content (AvgIpc) is 2.87. The highest BCUT2D eigenvalue weighted by Crippen LogP contribution is 2.45. The van der Waals surface area contributed by atoms with Gasteiger partial charge in [-0.05, 0) is 30.0 Å². The molecule has 0 aromatic heterocycles. The van der Waals surface area contributed by atoms with Gasteiger partial charge in [-0.1, -0.05) is 43.9 Å². The minimum absolute atomic E-state index is 0.131. The van der Waals surface area contributed by atoms with Gasteiger partial charge in [0, 0.05) is 36.9 Å². The lowest BCUT2D eigenvalue weighted by molar-refractivity contribution is -0.164. The van der Waals surface area contributed by atoms with Crippen LogP contribution in [0.1, 0.15) is 15.9 Å². The average molecular weight is 462 g/mol. The first-order valence-corrected chi connectivity index (χ1v) is 16.1. The molecule has 0 aliphatic carbocycles. The summed E-state index contributed by atoms with van der Waals surface area (Å²) in [5.41, 5.74) is -0.516. The summed E-state index contributed by atoms with van der Waals surface area (Å²) in [4.78, 5) is 16.8. The van der Waals surface area contributed by atoms with Crippen molar-refractivity contribution in [2.24, 2.45) is 0 Å². The Labute approximate surface area is 185 Å². The number of amides is 1. The fraction of sp³-hybridized carbons (Fsp3) is 0.500. The quantitative estimate of drug-likeness (QED) is 0.688. The zero-order chi connectivity index (χ0) is 22.8. The van der Waals surface area contributed by atoms with Crippen molar-refractivity contribution in [1.29, 1.82) is 0 Å². The number of aliphatic hydroxyl groups is 1. The van der Waals surface area contributed by atoms with E-state index in [9.17, 15) is 18.3 Å². The van der Waals surface area contributed by atoms with Gasteiger partial charge in [0.2, 0.25) is 10.0 Å². The van der Waals surface area contributed by atoms with Crippen molar-refractivity contribution >= 4 is 34.8 Å². The number of rotatable bonds is 5. The van der Waals surface area contributed by atoms with Gasteiger partial charge in [0.15, 0.2) is 5.72 Å². The molecule has 9 heteroatoms. The third kappa shape index (κ3) is 3.82. The molecule has 2 atom stereocenters. The van der Waals surface area contributed by atoms with Crippen molar-refractivity contribution in [3.05, 3.63) is 47.5 Å². The molecule has 31 heavy (non-hydrogen) atoms. The number of sulfonamides is 1. The Morgan fingerprint density at radius 1 is 1.16 bits per heavy atom. The first kappa shape index (κ1) is 22.4. The van der Waals surface area contributed by atoms with E-state index in [-0.39, 0.29) is 12.5 Å². The molecule has 7 nitrogen and oxygen atoms in total. The van der Waals surface area contributed by atoms with Crippen LogP contribution in [-0.4, -0.2) is 86.8 Å². The molecule has 0 saturated carbocycles. The summed E-state index contributed by atoms with van der Waals surface area (Å²) in [6.45, 7) is 7.45. The fourth-order valence-corrected chi connectivity index (χ4v) is 8.52. The lowest BCUT2D eigenvalue weighted by Crippen LogP contribution is -2.67. The van der Waals surface area contributed by atoms with Crippen LogP contribution in [-0.2, 0) is 15.7 Å². The lowest BCUT2D eigenvalue weighted by Gasteiger charge is -2.50. The van der Waals surface area contributed by atoms with E-state index in [0.717, 1.165) is 10.8 Å². The van der Waals surface area contributed by atoms with E-state index in [4.69, 9.17) is 0 Å². The van der Waals surface area contributed by atoms with E-state index < -0.39 is 29.9 Å². The van der Waals surface area contributed by atoms with E-state index in [0.29, 0.717) is 30.4 Å². The zero-order valence-electron chi connectivity index (χ0n) is 18.8. The summed E-state index contributed by atoms with van der Waals surface area (Å²) in [5, 5.41) is 14.0. The first-order valence-electron chi connectivity index (χ1n) is 10.6. The number of hydrogen-bond donors (Lipinski definition) is 1. The first-order chi connectivity index (χ1) is 14.3. The summed E-state index contributed by atoms with van der Waals surface area (Å²) in [6.07, 6.45) is 1.68. The van der Waals surface area contributed by atoms with E-state index in [1.807, 2.05) is 48.3 Å². The van der Waals surface area contributed by atoms with E-state index >= 15 is 0 Å². The van der Waals surface area contributed by atoms with Crippen LogP contribution in [0.5, 0.6) is 0 Å². The number of carbonyl (C=O) groups is 1. The molecular formula is C22H31N3O4SSi. The molecule has 2 aliphatic rings. The number of benzene rings is 2. The molecule has 1 N–H and O–H groups in total. The van der Waals surface area contributed by atoms with Gasteiger partial charge in [0.1, 0.15) is 0 Å². The van der Waals surface area contributed by atoms with Crippen LogP contribution in [0.2, 0.25) is 19.6 Å².